The molecule has 154 valence electrons. The third kappa shape index (κ3) is 3.98. The summed E-state index contributed by atoms with van der Waals surface area (Å²) < 4.78 is 0. The van der Waals surface area contributed by atoms with Gasteiger partial charge in [-0.25, -0.2) is 4.98 Å². The second-order valence-electron chi connectivity index (χ2n) is 9.76. The van der Waals surface area contributed by atoms with E-state index in [1.165, 1.54) is 19.3 Å². The van der Waals surface area contributed by atoms with Crippen LogP contribution in [0.2, 0.25) is 0 Å². The number of rotatable bonds is 7. The Bertz CT molecular complexity index is 707. The first-order chi connectivity index (χ1) is 13.3. The molecule has 6 heteroatoms. The van der Waals surface area contributed by atoms with Crippen LogP contribution >= 0.6 is 11.3 Å². The first-order valence-electron chi connectivity index (χ1n) is 10.9. The van der Waals surface area contributed by atoms with E-state index in [4.69, 9.17) is 0 Å². The highest BCUT2D eigenvalue weighted by molar-refractivity contribution is 7.09. The normalized spacial score (nSPS) is 31.8. The molecule has 2 N–H and O–H groups in total. The lowest BCUT2D eigenvalue weighted by atomic mass is 9.49. The molecule has 5 nitrogen and oxygen atoms in total. The van der Waals surface area contributed by atoms with Gasteiger partial charge in [-0.05, 0) is 63.2 Å². The fourth-order valence-electron chi connectivity index (χ4n) is 6.02. The topological polar surface area (TPSA) is 71.1 Å². The molecule has 5 rings (SSSR count). The van der Waals surface area contributed by atoms with Crippen molar-refractivity contribution in [3.63, 3.8) is 0 Å². The maximum Gasteiger partial charge on any atom is 0.226 e. The monoisotopic (exact) mass is 403 g/mol. The summed E-state index contributed by atoms with van der Waals surface area (Å²) in [6.07, 6.45) is 7.53. The molecule has 28 heavy (non-hydrogen) atoms. The minimum absolute atomic E-state index is 0.0302. The number of carbonyl (C=O) groups excluding carboxylic acids is 2. The number of hydrogen-bond donors (Lipinski definition) is 2. The van der Waals surface area contributed by atoms with Gasteiger partial charge in [0.15, 0.2) is 0 Å². The van der Waals surface area contributed by atoms with E-state index in [1.807, 2.05) is 12.3 Å². The molecule has 0 spiro atoms. The van der Waals surface area contributed by atoms with E-state index < -0.39 is 0 Å². The smallest absolute Gasteiger partial charge is 0.226 e. The van der Waals surface area contributed by atoms with Crippen LogP contribution in [0.4, 0.5) is 0 Å². The number of carbonyl (C=O) groups is 2. The van der Waals surface area contributed by atoms with Gasteiger partial charge in [0.1, 0.15) is 0 Å². The van der Waals surface area contributed by atoms with E-state index in [0.717, 1.165) is 47.7 Å². The van der Waals surface area contributed by atoms with Gasteiger partial charge < -0.3 is 10.6 Å². The Hall–Kier alpha value is -1.43. The zero-order chi connectivity index (χ0) is 19.9. The summed E-state index contributed by atoms with van der Waals surface area (Å²) >= 11 is 1.64. The molecule has 0 aliphatic heterocycles. The maximum absolute atomic E-state index is 12.9. The van der Waals surface area contributed by atoms with Crippen LogP contribution in [0.25, 0.3) is 0 Å². The Kier molecular flexibility index (Phi) is 5.51. The van der Waals surface area contributed by atoms with Crippen LogP contribution in [-0.4, -0.2) is 23.3 Å². The van der Waals surface area contributed by atoms with Crippen molar-refractivity contribution in [3.8, 4) is 0 Å². The Morgan fingerprint density at radius 3 is 2.29 bits per heavy atom. The van der Waals surface area contributed by atoms with Crippen molar-refractivity contribution in [1.29, 1.82) is 0 Å². The predicted octanol–water partition coefficient (Wildman–Crippen LogP) is 4.17. The van der Waals surface area contributed by atoms with Crippen LogP contribution in [0.15, 0.2) is 5.38 Å². The molecule has 1 atom stereocenters. The van der Waals surface area contributed by atoms with Gasteiger partial charge in [-0.2, -0.15) is 0 Å². The molecule has 2 amide bonds. The third-order valence-corrected chi connectivity index (χ3v) is 8.18. The van der Waals surface area contributed by atoms with Crippen molar-refractivity contribution < 1.29 is 9.59 Å². The van der Waals surface area contributed by atoms with Crippen LogP contribution in [0.3, 0.4) is 0 Å². The molecule has 1 aromatic heterocycles. The molecular formula is C22H33N3O2S. The molecule has 0 aromatic carbocycles. The molecule has 4 bridgehead atoms. The molecule has 4 saturated carbocycles. The van der Waals surface area contributed by atoms with Crippen LogP contribution in [0.1, 0.15) is 88.4 Å². The molecule has 1 aromatic rings. The Labute approximate surface area is 172 Å². The fourth-order valence-corrected chi connectivity index (χ4v) is 6.95. The standard InChI is InChI=1S/C22H33N3O2S/c1-13(2)20-25-18(12-28-20)14(3)24-19(26)4-5-23-21(27)22-9-15-6-16(10-22)8-17(7-15)11-22/h12-17H,4-11H2,1-3H3,(H,23,27)(H,24,26). The quantitative estimate of drug-likeness (QED) is 0.718. The molecule has 0 saturated heterocycles. The molecule has 4 fully saturated rings. The first-order valence-corrected chi connectivity index (χ1v) is 11.8. The zero-order valence-electron chi connectivity index (χ0n) is 17.3. The van der Waals surface area contributed by atoms with Crippen LogP contribution in [0, 0.1) is 23.2 Å². The molecule has 1 unspecified atom stereocenters. The summed E-state index contributed by atoms with van der Waals surface area (Å²) in [7, 11) is 0. The average molecular weight is 404 g/mol. The third-order valence-electron chi connectivity index (χ3n) is 7.01. The Morgan fingerprint density at radius 2 is 1.75 bits per heavy atom. The zero-order valence-corrected chi connectivity index (χ0v) is 18.1. The highest BCUT2D eigenvalue weighted by atomic mass is 32.1. The molecule has 4 aliphatic carbocycles. The molecule has 4 aliphatic rings. The van der Waals surface area contributed by atoms with Gasteiger partial charge >= 0.3 is 0 Å². The van der Waals surface area contributed by atoms with Crippen molar-refractivity contribution >= 4 is 23.2 Å². The van der Waals surface area contributed by atoms with Crippen molar-refractivity contribution in [3.05, 3.63) is 16.1 Å². The first kappa shape index (κ1) is 19.9. The number of thiazole rings is 1. The van der Waals surface area contributed by atoms with Crippen molar-refractivity contribution in [1.82, 2.24) is 15.6 Å². The second-order valence-corrected chi connectivity index (χ2v) is 10.6. The van der Waals surface area contributed by atoms with Gasteiger partial charge in [0.25, 0.3) is 0 Å². The van der Waals surface area contributed by atoms with Gasteiger partial charge in [0.2, 0.25) is 11.8 Å². The summed E-state index contributed by atoms with van der Waals surface area (Å²) in [6.45, 7) is 6.63. The van der Waals surface area contributed by atoms with E-state index in [0.29, 0.717) is 18.9 Å². The van der Waals surface area contributed by atoms with Crippen LogP contribution in [0.5, 0.6) is 0 Å². The lowest BCUT2D eigenvalue weighted by molar-refractivity contribution is -0.146. The van der Waals surface area contributed by atoms with Crippen LogP contribution < -0.4 is 10.6 Å². The SMILES string of the molecule is CC(C)c1nc(C(C)NC(=O)CCNC(=O)C23CC4CC(CC(C4)C2)C3)cs1. The van der Waals surface area contributed by atoms with Crippen molar-refractivity contribution in [2.24, 2.45) is 23.2 Å². The van der Waals surface area contributed by atoms with E-state index in [-0.39, 0.29) is 23.3 Å². The maximum atomic E-state index is 12.9. The summed E-state index contributed by atoms with van der Waals surface area (Å²) in [5.74, 6) is 2.85. The minimum atomic E-state index is -0.133. The summed E-state index contributed by atoms with van der Waals surface area (Å²) in [4.78, 5) is 29.9. The molecular weight excluding hydrogens is 370 g/mol. The Balaban J connectivity index is 1.23. The summed E-state index contributed by atoms with van der Waals surface area (Å²) in [6, 6.07) is -0.102. The van der Waals surface area contributed by atoms with Crippen LogP contribution in [-0.2, 0) is 9.59 Å². The van der Waals surface area contributed by atoms with Gasteiger partial charge in [-0.15, -0.1) is 11.3 Å². The number of hydrogen-bond acceptors (Lipinski definition) is 4. The number of aromatic nitrogens is 1. The van der Waals surface area contributed by atoms with Gasteiger partial charge in [0.05, 0.1) is 16.7 Å². The average Bonchev–Trinajstić information content (AvgIpc) is 3.11. The highest BCUT2D eigenvalue weighted by Crippen LogP contribution is 2.60. The number of nitrogens with zero attached hydrogens (tertiary/aromatic N) is 1. The van der Waals surface area contributed by atoms with E-state index in [2.05, 4.69) is 29.5 Å². The van der Waals surface area contributed by atoms with Gasteiger partial charge in [-0.3, -0.25) is 9.59 Å². The highest BCUT2D eigenvalue weighted by Gasteiger charge is 2.54. The summed E-state index contributed by atoms with van der Waals surface area (Å²) in [5, 5.41) is 9.22. The Morgan fingerprint density at radius 1 is 1.14 bits per heavy atom. The lowest BCUT2D eigenvalue weighted by Crippen LogP contribution is -2.53. The number of amides is 2. The lowest BCUT2D eigenvalue weighted by Gasteiger charge is -2.55. The largest absolute Gasteiger partial charge is 0.355 e. The molecule has 0 radical (unpaired) electrons. The van der Waals surface area contributed by atoms with Crippen molar-refractivity contribution in [2.45, 2.75) is 77.7 Å². The second kappa shape index (κ2) is 7.77. The van der Waals surface area contributed by atoms with E-state index in [1.54, 1.807) is 11.3 Å². The minimum Gasteiger partial charge on any atom is -0.355 e. The summed E-state index contributed by atoms with van der Waals surface area (Å²) in [5.41, 5.74) is 0.784. The van der Waals surface area contributed by atoms with Crippen molar-refractivity contribution in [2.75, 3.05) is 6.54 Å². The van der Waals surface area contributed by atoms with E-state index in [9.17, 15) is 9.59 Å². The van der Waals surface area contributed by atoms with Gasteiger partial charge in [0, 0.05) is 29.7 Å². The predicted molar refractivity (Wildman–Crippen MR) is 111 cm³/mol. The van der Waals surface area contributed by atoms with Gasteiger partial charge in [-0.1, -0.05) is 13.8 Å². The number of nitrogens with one attached hydrogen (secondary N) is 2. The fraction of sp³-hybridized carbons (Fsp3) is 0.773. The molecule has 1 heterocycles. The van der Waals surface area contributed by atoms with E-state index >= 15 is 0 Å².